The van der Waals surface area contributed by atoms with Gasteiger partial charge in [0.2, 0.25) is 0 Å². The van der Waals surface area contributed by atoms with E-state index < -0.39 is 0 Å². The summed E-state index contributed by atoms with van der Waals surface area (Å²) in [5, 5.41) is 8.44. The molecule has 1 aromatic carbocycles. The van der Waals surface area contributed by atoms with E-state index in [9.17, 15) is 0 Å². The summed E-state index contributed by atoms with van der Waals surface area (Å²) in [5.74, 6) is 0.653. The van der Waals surface area contributed by atoms with Crippen LogP contribution in [0.5, 0.6) is 5.75 Å². The van der Waals surface area contributed by atoms with Crippen molar-refractivity contribution in [1.29, 1.82) is 0 Å². The second kappa shape index (κ2) is 6.59. The number of halogens is 1. The molecule has 4 nitrogen and oxygen atoms in total. The highest BCUT2D eigenvalue weighted by Gasteiger charge is 2.05. The highest BCUT2D eigenvalue weighted by molar-refractivity contribution is 6.32. The van der Waals surface area contributed by atoms with E-state index in [-0.39, 0.29) is 0 Å². The van der Waals surface area contributed by atoms with E-state index in [4.69, 9.17) is 16.3 Å². The van der Waals surface area contributed by atoms with E-state index in [1.165, 1.54) is 0 Å². The average molecular weight is 280 g/mol. The standard InChI is InChI=1S/C14H18ClN3O/c1-3-7-16-10-11-6-8-18(17-11)12-4-5-13(15)14(9-12)19-2/h4-6,8-9,16H,3,7,10H2,1-2H3. The molecule has 1 N–H and O–H groups in total. The van der Waals surface area contributed by atoms with Crippen molar-refractivity contribution in [3.63, 3.8) is 0 Å². The van der Waals surface area contributed by atoms with Crippen LogP contribution in [0.2, 0.25) is 5.02 Å². The zero-order chi connectivity index (χ0) is 13.7. The number of aromatic nitrogens is 2. The second-order valence-electron chi connectivity index (χ2n) is 4.25. The molecule has 0 fully saturated rings. The van der Waals surface area contributed by atoms with Crippen LogP contribution in [-0.4, -0.2) is 23.4 Å². The molecule has 1 heterocycles. The first kappa shape index (κ1) is 13.9. The molecule has 0 aliphatic rings. The maximum Gasteiger partial charge on any atom is 0.139 e. The summed E-state index contributed by atoms with van der Waals surface area (Å²) in [6.45, 7) is 3.93. The Morgan fingerprint density at radius 3 is 2.95 bits per heavy atom. The fourth-order valence-corrected chi connectivity index (χ4v) is 1.98. The van der Waals surface area contributed by atoms with Gasteiger partial charge in [-0.1, -0.05) is 18.5 Å². The zero-order valence-electron chi connectivity index (χ0n) is 11.2. The lowest BCUT2D eigenvalue weighted by Crippen LogP contribution is -2.14. The molecule has 0 atom stereocenters. The largest absolute Gasteiger partial charge is 0.495 e. The summed E-state index contributed by atoms with van der Waals surface area (Å²) in [7, 11) is 1.61. The molecular formula is C14H18ClN3O. The molecule has 19 heavy (non-hydrogen) atoms. The van der Waals surface area contributed by atoms with E-state index in [0.717, 1.165) is 30.9 Å². The van der Waals surface area contributed by atoms with E-state index in [1.807, 2.05) is 35.1 Å². The van der Waals surface area contributed by atoms with Crippen LogP contribution in [0.15, 0.2) is 30.5 Å². The normalized spacial score (nSPS) is 10.7. The lowest BCUT2D eigenvalue weighted by Gasteiger charge is -2.06. The van der Waals surface area contributed by atoms with Gasteiger partial charge < -0.3 is 10.1 Å². The lowest BCUT2D eigenvalue weighted by molar-refractivity contribution is 0.414. The summed E-state index contributed by atoms with van der Waals surface area (Å²) in [4.78, 5) is 0. The quantitative estimate of drug-likeness (QED) is 0.826. The fraction of sp³-hybridized carbons (Fsp3) is 0.357. The first-order valence-corrected chi connectivity index (χ1v) is 6.71. The minimum Gasteiger partial charge on any atom is -0.495 e. The Kier molecular flexibility index (Phi) is 4.82. The average Bonchev–Trinajstić information content (AvgIpc) is 2.88. The van der Waals surface area contributed by atoms with Crippen molar-refractivity contribution >= 4 is 11.6 Å². The second-order valence-corrected chi connectivity index (χ2v) is 4.65. The molecule has 0 bridgehead atoms. The Balaban J connectivity index is 2.13. The van der Waals surface area contributed by atoms with Gasteiger partial charge in [0.25, 0.3) is 0 Å². The summed E-state index contributed by atoms with van der Waals surface area (Å²) in [5.41, 5.74) is 1.95. The maximum absolute atomic E-state index is 6.01. The number of ether oxygens (including phenoxy) is 1. The predicted molar refractivity (Wildman–Crippen MR) is 77.1 cm³/mol. The van der Waals surface area contributed by atoms with Crippen molar-refractivity contribution in [2.75, 3.05) is 13.7 Å². The molecule has 0 unspecified atom stereocenters. The van der Waals surface area contributed by atoms with Crippen molar-refractivity contribution in [3.8, 4) is 11.4 Å². The van der Waals surface area contributed by atoms with Crippen LogP contribution < -0.4 is 10.1 Å². The topological polar surface area (TPSA) is 39.1 Å². The first-order valence-electron chi connectivity index (χ1n) is 6.33. The zero-order valence-corrected chi connectivity index (χ0v) is 11.9. The van der Waals surface area contributed by atoms with Crippen molar-refractivity contribution in [2.45, 2.75) is 19.9 Å². The van der Waals surface area contributed by atoms with Gasteiger partial charge in [-0.25, -0.2) is 4.68 Å². The van der Waals surface area contributed by atoms with Gasteiger partial charge in [0.05, 0.1) is 23.5 Å². The SMILES string of the molecule is CCCNCc1ccn(-c2ccc(Cl)c(OC)c2)n1. The highest BCUT2D eigenvalue weighted by atomic mass is 35.5. The van der Waals surface area contributed by atoms with E-state index >= 15 is 0 Å². The van der Waals surface area contributed by atoms with E-state index in [0.29, 0.717) is 10.8 Å². The third kappa shape index (κ3) is 3.49. The van der Waals surface area contributed by atoms with Gasteiger partial charge >= 0.3 is 0 Å². The predicted octanol–water partition coefficient (Wildman–Crippen LogP) is 3.03. The summed E-state index contributed by atoms with van der Waals surface area (Å²) in [6, 6.07) is 7.61. The monoisotopic (exact) mass is 279 g/mol. The van der Waals surface area contributed by atoms with Crippen molar-refractivity contribution in [3.05, 3.63) is 41.2 Å². The lowest BCUT2D eigenvalue weighted by atomic mass is 10.3. The summed E-state index contributed by atoms with van der Waals surface area (Å²) >= 11 is 6.01. The van der Waals surface area contributed by atoms with Crippen LogP contribution in [0.3, 0.4) is 0 Å². The first-order chi connectivity index (χ1) is 9.24. The van der Waals surface area contributed by atoms with Crippen LogP contribution in [0.4, 0.5) is 0 Å². The van der Waals surface area contributed by atoms with Gasteiger partial charge in [-0.3, -0.25) is 0 Å². The van der Waals surface area contributed by atoms with Gasteiger partial charge in [0, 0.05) is 18.8 Å². The Labute approximate surface area is 118 Å². The number of rotatable bonds is 6. The Morgan fingerprint density at radius 2 is 2.21 bits per heavy atom. The van der Waals surface area contributed by atoms with E-state index in [1.54, 1.807) is 7.11 Å². The molecule has 0 radical (unpaired) electrons. The van der Waals surface area contributed by atoms with E-state index in [2.05, 4.69) is 17.3 Å². The summed E-state index contributed by atoms with van der Waals surface area (Å²) < 4.78 is 7.03. The van der Waals surface area contributed by atoms with Gasteiger partial charge in [-0.2, -0.15) is 5.10 Å². The maximum atomic E-state index is 6.01. The third-order valence-electron chi connectivity index (χ3n) is 2.78. The molecule has 0 amide bonds. The van der Waals surface area contributed by atoms with Crippen molar-refractivity contribution < 1.29 is 4.74 Å². The fourth-order valence-electron chi connectivity index (χ4n) is 1.78. The van der Waals surface area contributed by atoms with Crippen LogP contribution in [-0.2, 0) is 6.54 Å². The number of benzene rings is 1. The van der Waals surface area contributed by atoms with Crippen LogP contribution in [0.25, 0.3) is 5.69 Å². The Bertz CT molecular complexity index is 539. The van der Waals surface area contributed by atoms with Gasteiger partial charge in [0.15, 0.2) is 0 Å². The number of nitrogens with one attached hydrogen (secondary N) is 1. The molecule has 0 saturated carbocycles. The molecule has 2 aromatic rings. The Hall–Kier alpha value is -1.52. The molecule has 102 valence electrons. The Morgan fingerprint density at radius 1 is 1.37 bits per heavy atom. The molecule has 0 aliphatic heterocycles. The number of nitrogens with zero attached hydrogens (tertiary/aromatic N) is 2. The molecule has 0 saturated heterocycles. The molecule has 5 heteroatoms. The van der Waals surface area contributed by atoms with Crippen molar-refractivity contribution in [1.82, 2.24) is 15.1 Å². The van der Waals surface area contributed by atoms with Crippen LogP contribution >= 0.6 is 11.6 Å². The summed E-state index contributed by atoms with van der Waals surface area (Å²) in [6.07, 6.45) is 3.06. The van der Waals surface area contributed by atoms with Crippen molar-refractivity contribution in [2.24, 2.45) is 0 Å². The molecule has 1 aromatic heterocycles. The number of hydrogen-bond acceptors (Lipinski definition) is 3. The minimum atomic E-state index is 0.600. The smallest absolute Gasteiger partial charge is 0.139 e. The minimum absolute atomic E-state index is 0.600. The highest BCUT2D eigenvalue weighted by Crippen LogP contribution is 2.26. The molecular weight excluding hydrogens is 262 g/mol. The number of methoxy groups -OCH3 is 1. The van der Waals surface area contributed by atoms with Crippen LogP contribution in [0, 0.1) is 0 Å². The van der Waals surface area contributed by atoms with Gasteiger partial charge in [-0.05, 0) is 31.2 Å². The molecule has 0 spiro atoms. The third-order valence-corrected chi connectivity index (χ3v) is 3.09. The van der Waals surface area contributed by atoms with Crippen LogP contribution in [0.1, 0.15) is 19.0 Å². The molecule has 2 rings (SSSR count). The molecule has 0 aliphatic carbocycles. The van der Waals surface area contributed by atoms with Gasteiger partial charge in [-0.15, -0.1) is 0 Å². The number of hydrogen-bond donors (Lipinski definition) is 1. The van der Waals surface area contributed by atoms with Gasteiger partial charge in [0.1, 0.15) is 5.75 Å².